The number of hydrogen-bond donors (Lipinski definition) is 0. The third-order valence-corrected chi connectivity index (χ3v) is 3.90. The number of benzene rings is 1. The number of hydrogen-bond acceptors (Lipinski definition) is 2. The molecule has 1 aromatic rings. The van der Waals surface area contributed by atoms with Gasteiger partial charge in [0.05, 0.1) is 5.02 Å². The van der Waals surface area contributed by atoms with Gasteiger partial charge in [-0.3, -0.25) is 0 Å². The molecule has 0 amide bonds. The van der Waals surface area contributed by atoms with Gasteiger partial charge >= 0.3 is 0 Å². The van der Waals surface area contributed by atoms with E-state index in [0.717, 1.165) is 0 Å². The summed E-state index contributed by atoms with van der Waals surface area (Å²) in [5.41, 5.74) is 0. The molecule has 0 heterocycles. The fourth-order valence-corrected chi connectivity index (χ4v) is 3.81. The van der Waals surface area contributed by atoms with Gasteiger partial charge in [0.15, 0.2) is 0 Å². The maximum Gasteiger partial charge on any atom is 0.263 e. The Morgan fingerprint density at radius 1 is 1.33 bits per heavy atom. The summed E-state index contributed by atoms with van der Waals surface area (Å²) in [5.74, 6) is 0. The molecule has 6 heteroatoms. The van der Waals surface area contributed by atoms with E-state index in [2.05, 4.69) is 15.9 Å². The Balaban J connectivity index is 3.53. The molecule has 0 spiro atoms. The van der Waals surface area contributed by atoms with Gasteiger partial charge in [-0.2, -0.15) is 0 Å². The maximum absolute atomic E-state index is 10.9. The van der Waals surface area contributed by atoms with E-state index in [1.54, 1.807) is 12.1 Å². The lowest BCUT2D eigenvalue weighted by atomic mass is 10.4. The maximum atomic E-state index is 10.9. The van der Waals surface area contributed by atoms with Crippen LogP contribution < -0.4 is 0 Å². The molecule has 66 valence electrons. The van der Waals surface area contributed by atoms with Crippen molar-refractivity contribution in [3.8, 4) is 0 Å². The minimum atomic E-state index is -3.77. The molecule has 0 saturated carbocycles. The molecule has 2 nitrogen and oxygen atoms in total. The van der Waals surface area contributed by atoms with Gasteiger partial charge in [0.25, 0.3) is 9.05 Å². The fraction of sp³-hybridized carbons (Fsp3) is 0. The zero-order valence-corrected chi connectivity index (χ0v) is 9.51. The van der Waals surface area contributed by atoms with Gasteiger partial charge in [0.1, 0.15) is 4.90 Å². The summed E-state index contributed by atoms with van der Waals surface area (Å²) in [4.78, 5) is -0.0895. The van der Waals surface area contributed by atoms with Gasteiger partial charge in [-0.25, -0.2) is 8.42 Å². The lowest BCUT2D eigenvalue weighted by Gasteiger charge is -2.01. The van der Waals surface area contributed by atoms with E-state index < -0.39 is 9.05 Å². The lowest BCUT2D eigenvalue weighted by molar-refractivity contribution is 0.609. The Kier molecular flexibility index (Phi) is 3.04. The van der Waals surface area contributed by atoms with E-state index in [1.165, 1.54) is 6.07 Å². The molecule has 0 fully saturated rings. The van der Waals surface area contributed by atoms with Crippen LogP contribution in [0.2, 0.25) is 5.02 Å². The van der Waals surface area contributed by atoms with Crippen molar-refractivity contribution >= 4 is 47.3 Å². The summed E-state index contributed by atoms with van der Waals surface area (Å²) in [6.07, 6.45) is 0. The second-order valence-electron chi connectivity index (χ2n) is 1.99. The van der Waals surface area contributed by atoms with Crippen LogP contribution in [0, 0.1) is 0 Å². The van der Waals surface area contributed by atoms with Crippen molar-refractivity contribution in [3.63, 3.8) is 0 Å². The summed E-state index contributed by atoms with van der Waals surface area (Å²) in [6.45, 7) is 0. The first-order valence-electron chi connectivity index (χ1n) is 2.81. The van der Waals surface area contributed by atoms with Gasteiger partial charge < -0.3 is 0 Å². The minimum absolute atomic E-state index is 0.0895. The number of rotatable bonds is 1. The Bertz CT molecular complexity index is 382. The number of halogens is 3. The third-order valence-electron chi connectivity index (χ3n) is 1.16. The molecule has 0 N–H and O–H groups in total. The van der Waals surface area contributed by atoms with Gasteiger partial charge in [-0.15, -0.1) is 0 Å². The van der Waals surface area contributed by atoms with Crippen LogP contribution in [0.5, 0.6) is 0 Å². The van der Waals surface area contributed by atoms with Crippen LogP contribution in [-0.2, 0) is 9.05 Å². The Hall–Kier alpha value is 0.230. The summed E-state index contributed by atoms with van der Waals surface area (Å²) in [6, 6.07) is 4.64. The zero-order chi connectivity index (χ0) is 9.35. The minimum Gasteiger partial charge on any atom is -0.207 e. The van der Waals surface area contributed by atoms with Crippen molar-refractivity contribution in [3.05, 3.63) is 27.7 Å². The molecule has 0 radical (unpaired) electrons. The van der Waals surface area contributed by atoms with Gasteiger partial charge in [0.2, 0.25) is 0 Å². The van der Waals surface area contributed by atoms with E-state index in [0.29, 0.717) is 4.47 Å². The summed E-state index contributed by atoms with van der Waals surface area (Å²) < 4.78 is 22.2. The summed E-state index contributed by atoms with van der Waals surface area (Å²) in [5, 5.41) is 0.111. The molecule has 1 rings (SSSR count). The molecular formula is C6H3BrCl2O2S. The van der Waals surface area contributed by atoms with Crippen molar-refractivity contribution in [2.75, 3.05) is 0 Å². The molecule has 0 atom stereocenters. The summed E-state index contributed by atoms with van der Waals surface area (Å²) >= 11 is 8.66. The average molecular weight is 290 g/mol. The Morgan fingerprint density at radius 3 is 2.25 bits per heavy atom. The van der Waals surface area contributed by atoms with Crippen LogP contribution in [0.25, 0.3) is 0 Å². The largest absolute Gasteiger partial charge is 0.263 e. The van der Waals surface area contributed by atoms with Crippen LogP contribution in [-0.4, -0.2) is 8.42 Å². The van der Waals surface area contributed by atoms with Crippen molar-refractivity contribution in [2.24, 2.45) is 0 Å². The molecule has 1 aromatic carbocycles. The van der Waals surface area contributed by atoms with Gasteiger partial charge in [-0.1, -0.05) is 17.7 Å². The first kappa shape index (κ1) is 10.3. The zero-order valence-electron chi connectivity index (χ0n) is 5.59. The van der Waals surface area contributed by atoms with Crippen LogP contribution in [0.4, 0.5) is 0 Å². The van der Waals surface area contributed by atoms with Crippen molar-refractivity contribution < 1.29 is 8.42 Å². The van der Waals surface area contributed by atoms with Gasteiger partial charge in [0, 0.05) is 15.2 Å². The predicted molar refractivity (Wildman–Crippen MR) is 52.2 cm³/mol. The Morgan fingerprint density at radius 2 is 1.92 bits per heavy atom. The molecule has 0 unspecified atom stereocenters. The highest BCUT2D eigenvalue weighted by Crippen LogP contribution is 2.31. The highest BCUT2D eigenvalue weighted by atomic mass is 79.9. The van der Waals surface area contributed by atoms with Crippen molar-refractivity contribution in [1.29, 1.82) is 0 Å². The normalized spacial score (nSPS) is 11.6. The quantitative estimate of drug-likeness (QED) is 0.745. The average Bonchev–Trinajstić information content (AvgIpc) is 1.82. The molecule has 12 heavy (non-hydrogen) atoms. The molecule has 0 aliphatic heterocycles. The van der Waals surface area contributed by atoms with E-state index in [9.17, 15) is 8.42 Å². The van der Waals surface area contributed by atoms with Crippen LogP contribution in [0.3, 0.4) is 0 Å². The van der Waals surface area contributed by atoms with Crippen LogP contribution >= 0.6 is 38.2 Å². The fourth-order valence-electron chi connectivity index (χ4n) is 0.715. The monoisotopic (exact) mass is 288 g/mol. The Labute approximate surface area is 88.0 Å². The molecule has 0 aromatic heterocycles. The molecule has 0 saturated heterocycles. The molecule has 0 aliphatic carbocycles. The second kappa shape index (κ2) is 3.54. The van der Waals surface area contributed by atoms with E-state index in [1.807, 2.05) is 0 Å². The van der Waals surface area contributed by atoms with Crippen molar-refractivity contribution in [1.82, 2.24) is 0 Å². The standard InChI is InChI=1S/C6H3BrCl2O2S/c7-4-2-1-3-5(8)6(4)12(9,10)11/h1-3H. The highest BCUT2D eigenvalue weighted by molar-refractivity contribution is 9.10. The first-order chi connectivity index (χ1) is 5.43. The third kappa shape index (κ3) is 2.13. The van der Waals surface area contributed by atoms with Gasteiger partial charge in [-0.05, 0) is 28.1 Å². The molecule has 0 bridgehead atoms. The van der Waals surface area contributed by atoms with Crippen LogP contribution in [0.1, 0.15) is 0 Å². The highest BCUT2D eigenvalue weighted by Gasteiger charge is 2.17. The molecule has 0 aliphatic rings. The van der Waals surface area contributed by atoms with E-state index in [4.69, 9.17) is 22.3 Å². The first-order valence-corrected chi connectivity index (χ1v) is 6.29. The van der Waals surface area contributed by atoms with Crippen LogP contribution in [0.15, 0.2) is 27.6 Å². The SMILES string of the molecule is O=S(=O)(Cl)c1c(Cl)cccc1Br. The van der Waals surface area contributed by atoms with Crippen molar-refractivity contribution in [2.45, 2.75) is 4.90 Å². The topological polar surface area (TPSA) is 34.1 Å². The second-order valence-corrected chi connectivity index (χ2v) is 5.75. The summed E-state index contributed by atoms with van der Waals surface area (Å²) in [7, 11) is 1.36. The molecular weight excluding hydrogens is 287 g/mol. The smallest absolute Gasteiger partial charge is 0.207 e. The van der Waals surface area contributed by atoms with E-state index in [-0.39, 0.29) is 9.92 Å². The van der Waals surface area contributed by atoms with E-state index >= 15 is 0 Å². The lowest BCUT2D eigenvalue weighted by Crippen LogP contribution is -1.92. The predicted octanol–water partition coefficient (Wildman–Crippen LogP) is 3.03.